The molecule has 0 aliphatic carbocycles. The molecule has 2 N–H and O–H groups in total. The minimum Gasteiger partial charge on any atom is -0.493 e. The molecule has 0 unspecified atom stereocenters. The Bertz CT molecular complexity index is 664. The molecule has 0 fully saturated rings. The van der Waals surface area contributed by atoms with Crippen molar-refractivity contribution < 1.29 is 14.2 Å². The molecule has 0 atom stereocenters. The molecule has 7 heteroatoms. The number of rotatable bonds is 6. The molecule has 0 spiro atoms. The van der Waals surface area contributed by atoms with Gasteiger partial charge in [0.05, 0.1) is 21.3 Å². The first-order chi connectivity index (χ1) is 11.0. The third-order valence-electron chi connectivity index (χ3n) is 3.40. The third kappa shape index (κ3) is 3.56. The average molecular weight is 318 g/mol. The highest BCUT2D eigenvalue weighted by Crippen LogP contribution is 2.39. The molecule has 124 valence electrons. The molecule has 7 nitrogen and oxygen atoms in total. The number of nitrogens with zero attached hydrogens (tertiary/aromatic N) is 3. The maximum Gasteiger partial charge on any atom is 0.221 e. The zero-order valence-corrected chi connectivity index (χ0v) is 14.1. The average Bonchev–Trinajstić information content (AvgIpc) is 2.55. The van der Waals surface area contributed by atoms with E-state index in [0.29, 0.717) is 23.7 Å². The lowest BCUT2D eigenvalue weighted by Gasteiger charge is -2.17. The molecule has 2 aromatic rings. The summed E-state index contributed by atoms with van der Waals surface area (Å²) in [6, 6.07) is 3.83. The highest BCUT2D eigenvalue weighted by molar-refractivity contribution is 5.56. The van der Waals surface area contributed by atoms with Crippen LogP contribution in [-0.4, -0.2) is 45.4 Å². The van der Waals surface area contributed by atoms with E-state index in [-0.39, 0.29) is 5.95 Å². The first-order valence-corrected chi connectivity index (χ1v) is 7.07. The molecule has 1 aromatic heterocycles. The summed E-state index contributed by atoms with van der Waals surface area (Å²) in [5.41, 5.74) is 7.64. The van der Waals surface area contributed by atoms with Crippen LogP contribution in [0.3, 0.4) is 0 Å². The Morgan fingerprint density at radius 2 is 1.65 bits per heavy atom. The van der Waals surface area contributed by atoms with Gasteiger partial charge in [0.25, 0.3) is 0 Å². The van der Waals surface area contributed by atoms with Gasteiger partial charge in [-0.3, -0.25) is 0 Å². The Kier molecular flexibility index (Phi) is 5.10. The van der Waals surface area contributed by atoms with Gasteiger partial charge in [-0.15, -0.1) is 0 Å². The van der Waals surface area contributed by atoms with Crippen molar-refractivity contribution in [2.24, 2.45) is 0 Å². The number of ether oxygens (including phenoxy) is 3. The second kappa shape index (κ2) is 7.04. The summed E-state index contributed by atoms with van der Waals surface area (Å²) in [5.74, 6) is 2.84. The Labute approximate surface area is 136 Å². The van der Waals surface area contributed by atoms with E-state index in [1.54, 1.807) is 27.5 Å². The van der Waals surface area contributed by atoms with Crippen molar-refractivity contribution in [2.45, 2.75) is 6.42 Å². The van der Waals surface area contributed by atoms with Crippen LogP contribution < -0.4 is 24.8 Å². The first kappa shape index (κ1) is 16.7. The van der Waals surface area contributed by atoms with E-state index in [1.807, 2.05) is 31.1 Å². The van der Waals surface area contributed by atoms with E-state index in [2.05, 4.69) is 9.97 Å². The fourth-order valence-corrected chi connectivity index (χ4v) is 2.38. The molecule has 0 aliphatic heterocycles. The Morgan fingerprint density at radius 3 is 2.13 bits per heavy atom. The molecule has 0 radical (unpaired) electrons. The van der Waals surface area contributed by atoms with Gasteiger partial charge in [0.15, 0.2) is 11.5 Å². The van der Waals surface area contributed by atoms with E-state index < -0.39 is 0 Å². The summed E-state index contributed by atoms with van der Waals surface area (Å²) in [7, 11) is 8.61. The Morgan fingerprint density at radius 1 is 1.04 bits per heavy atom. The topological polar surface area (TPSA) is 82.7 Å². The minimum atomic E-state index is 0.252. The van der Waals surface area contributed by atoms with Gasteiger partial charge in [-0.25, -0.2) is 4.98 Å². The molecule has 0 amide bonds. The minimum absolute atomic E-state index is 0.252. The fraction of sp³-hybridized carbons (Fsp3) is 0.375. The van der Waals surface area contributed by atoms with Crippen molar-refractivity contribution >= 4 is 11.8 Å². The fourth-order valence-electron chi connectivity index (χ4n) is 2.38. The second-order valence-electron chi connectivity index (χ2n) is 5.18. The normalized spacial score (nSPS) is 10.3. The molecular formula is C16H22N4O3. The molecule has 0 saturated heterocycles. The maximum absolute atomic E-state index is 5.68. The molecule has 0 aliphatic rings. The standard InChI is InChI=1S/C16H22N4O3/c1-20(2)15-11(9-18-16(17)19-15)6-10-7-12(21-3)14(23-5)13(8-10)22-4/h7-9H,6H2,1-5H3,(H2,17,18,19). The van der Waals surface area contributed by atoms with Crippen LogP contribution in [0.25, 0.3) is 0 Å². The van der Waals surface area contributed by atoms with Crippen molar-refractivity contribution in [3.63, 3.8) is 0 Å². The number of methoxy groups -OCH3 is 3. The van der Waals surface area contributed by atoms with Crippen LogP contribution in [-0.2, 0) is 6.42 Å². The third-order valence-corrected chi connectivity index (χ3v) is 3.40. The van der Waals surface area contributed by atoms with E-state index >= 15 is 0 Å². The van der Waals surface area contributed by atoms with E-state index in [1.165, 1.54) is 0 Å². The van der Waals surface area contributed by atoms with Crippen molar-refractivity contribution in [1.29, 1.82) is 0 Å². The molecule has 0 saturated carbocycles. The molecule has 0 bridgehead atoms. The number of nitrogen functional groups attached to an aromatic ring is 1. The quantitative estimate of drug-likeness (QED) is 0.868. The van der Waals surface area contributed by atoms with Crippen LogP contribution in [0.15, 0.2) is 18.3 Å². The van der Waals surface area contributed by atoms with Gasteiger partial charge in [0.2, 0.25) is 11.7 Å². The zero-order chi connectivity index (χ0) is 17.0. The van der Waals surface area contributed by atoms with Crippen LogP contribution in [0, 0.1) is 0 Å². The second-order valence-corrected chi connectivity index (χ2v) is 5.18. The van der Waals surface area contributed by atoms with Gasteiger partial charge in [0, 0.05) is 32.3 Å². The van der Waals surface area contributed by atoms with Gasteiger partial charge < -0.3 is 24.8 Å². The summed E-state index contributed by atoms with van der Waals surface area (Å²) in [6.45, 7) is 0. The highest BCUT2D eigenvalue weighted by atomic mass is 16.5. The summed E-state index contributed by atoms with van der Waals surface area (Å²) in [4.78, 5) is 10.3. The number of anilines is 2. The van der Waals surface area contributed by atoms with Crippen molar-refractivity contribution in [2.75, 3.05) is 46.1 Å². The molecular weight excluding hydrogens is 296 g/mol. The first-order valence-electron chi connectivity index (χ1n) is 7.07. The van der Waals surface area contributed by atoms with Crippen molar-refractivity contribution in [3.05, 3.63) is 29.5 Å². The predicted molar refractivity (Wildman–Crippen MR) is 89.7 cm³/mol. The van der Waals surface area contributed by atoms with Crippen molar-refractivity contribution in [1.82, 2.24) is 9.97 Å². The van der Waals surface area contributed by atoms with E-state index in [9.17, 15) is 0 Å². The van der Waals surface area contributed by atoms with Gasteiger partial charge in [-0.1, -0.05) is 0 Å². The SMILES string of the molecule is COc1cc(Cc2cnc(N)nc2N(C)C)cc(OC)c1OC. The van der Waals surface area contributed by atoms with Gasteiger partial charge in [-0.05, 0) is 17.7 Å². The van der Waals surface area contributed by atoms with E-state index in [0.717, 1.165) is 16.9 Å². The number of hydrogen-bond donors (Lipinski definition) is 1. The molecule has 1 aromatic carbocycles. The summed E-state index contributed by atoms with van der Waals surface area (Å²) < 4.78 is 16.1. The Hall–Kier alpha value is -2.70. The van der Waals surface area contributed by atoms with Gasteiger partial charge in [-0.2, -0.15) is 4.98 Å². The molecule has 2 rings (SSSR count). The predicted octanol–water partition coefficient (Wildman–Crippen LogP) is 1.74. The number of nitrogens with two attached hydrogens (primary N) is 1. The summed E-state index contributed by atoms with van der Waals surface area (Å²) >= 11 is 0. The van der Waals surface area contributed by atoms with Crippen LogP contribution in [0.4, 0.5) is 11.8 Å². The molecule has 1 heterocycles. The van der Waals surface area contributed by atoms with Crippen LogP contribution in [0.2, 0.25) is 0 Å². The summed E-state index contributed by atoms with van der Waals surface area (Å²) in [6.07, 6.45) is 2.35. The summed E-state index contributed by atoms with van der Waals surface area (Å²) in [5, 5.41) is 0. The lowest BCUT2D eigenvalue weighted by Crippen LogP contribution is -2.15. The van der Waals surface area contributed by atoms with Gasteiger partial charge >= 0.3 is 0 Å². The molecule has 23 heavy (non-hydrogen) atoms. The number of aromatic nitrogens is 2. The lowest BCUT2D eigenvalue weighted by molar-refractivity contribution is 0.324. The van der Waals surface area contributed by atoms with Crippen LogP contribution in [0.5, 0.6) is 17.2 Å². The lowest BCUT2D eigenvalue weighted by atomic mass is 10.1. The van der Waals surface area contributed by atoms with E-state index in [4.69, 9.17) is 19.9 Å². The monoisotopic (exact) mass is 318 g/mol. The van der Waals surface area contributed by atoms with Crippen LogP contribution in [0.1, 0.15) is 11.1 Å². The van der Waals surface area contributed by atoms with Gasteiger partial charge in [0.1, 0.15) is 5.82 Å². The number of hydrogen-bond acceptors (Lipinski definition) is 7. The smallest absolute Gasteiger partial charge is 0.221 e. The number of benzene rings is 1. The van der Waals surface area contributed by atoms with Crippen LogP contribution >= 0.6 is 0 Å². The Balaban J connectivity index is 2.45. The zero-order valence-electron chi connectivity index (χ0n) is 14.1. The largest absolute Gasteiger partial charge is 0.493 e. The highest BCUT2D eigenvalue weighted by Gasteiger charge is 2.15. The van der Waals surface area contributed by atoms with Crippen molar-refractivity contribution in [3.8, 4) is 17.2 Å². The maximum atomic E-state index is 5.68.